The van der Waals surface area contributed by atoms with E-state index in [2.05, 4.69) is 37.2 Å². The summed E-state index contributed by atoms with van der Waals surface area (Å²) >= 11 is 0. The molecule has 8 heteroatoms. The molecule has 0 saturated carbocycles. The van der Waals surface area contributed by atoms with Gasteiger partial charge in [0, 0.05) is 58.7 Å². The summed E-state index contributed by atoms with van der Waals surface area (Å²) in [7, 11) is 0. The molecule has 0 aliphatic carbocycles. The van der Waals surface area contributed by atoms with Gasteiger partial charge in [-0.2, -0.15) is 0 Å². The maximum Gasteiger partial charge on any atom is 0.191 e. The molecule has 2 aliphatic heterocycles. The molecule has 1 saturated heterocycles. The molecule has 3 rings (SSSR count). The van der Waals surface area contributed by atoms with Gasteiger partial charge in [0.2, 0.25) is 0 Å². The molecular weight excluding hydrogens is 342 g/mol. The van der Waals surface area contributed by atoms with Crippen LogP contribution >= 0.6 is 0 Å². The third-order valence-electron chi connectivity index (χ3n) is 5.18. The van der Waals surface area contributed by atoms with E-state index in [4.69, 9.17) is 9.73 Å². The summed E-state index contributed by atoms with van der Waals surface area (Å²) in [6, 6.07) is 0. The quantitative estimate of drug-likeness (QED) is 0.397. The van der Waals surface area contributed by atoms with Crippen LogP contribution in [0.5, 0.6) is 0 Å². The van der Waals surface area contributed by atoms with Crippen molar-refractivity contribution in [1.82, 2.24) is 30.3 Å². The molecule has 1 fully saturated rings. The van der Waals surface area contributed by atoms with Crippen molar-refractivity contribution in [2.45, 2.75) is 52.0 Å². The average Bonchev–Trinajstić information content (AvgIpc) is 2.92. The van der Waals surface area contributed by atoms with Crippen LogP contribution in [-0.4, -0.2) is 78.1 Å². The van der Waals surface area contributed by atoms with Gasteiger partial charge in [-0.25, -0.2) is 0 Å². The fraction of sp³-hybridized carbons (Fsp3) is 0.842. The van der Waals surface area contributed by atoms with Crippen LogP contribution in [0, 0.1) is 0 Å². The highest BCUT2D eigenvalue weighted by Crippen LogP contribution is 2.15. The monoisotopic (exact) mass is 377 g/mol. The van der Waals surface area contributed by atoms with Gasteiger partial charge in [-0.1, -0.05) is 6.42 Å². The molecule has 8 nitrogen and oxygen atoms in total. The standard InChI is InChI=1S/C19H35N7O/c1-2-20-19(22-10-12-25-13-15-27-16-14-25)21-9-6-8-18-24-23-17-7-4-3-5-11-26(17)18/h2-16H2,1H3,(H2,20,21,22). The number of morpholine rings is 1. The van der Waals surface area contributed by atoms with Gasteiger partial charge >= 0.3 is 0 Å². The normalized spacial score (nSPS) is 18.8. The van der Waals surface area contributed by atoms with Gasteiger partial charge in [-0.3, -0.25) is 9.89 Å². The summed E-state index contributed by atoms with van der Waals surface area (Å²) in [5.41, 5.74) is 0. The van der Waals surface area contributed by atoms with E-state index < -0.39 is 0 Å². The number of guanidine groups is 1. The summed E-state index contributed by atoms with van der Waals surface area (Å²) in [6.45, 7) is 10.5. The van der Waals surface area contributed by atoms with Crippen molar-refractivity contribution in [3.05, 3.63) is 11.6 Å². The second-order valence-electron chi connectivity index (χ2n) is 7.24. The van der Waals surface area contributed by atoms with Crippen LogP contribution in [0.1, 0.15) is 44.3 Å². The second-order valence-corrected chi connectivity index (χ2v) is 7.24. The van der Waals surface area contributed by atoms with Crippen molar-refractivity contribution in [3.63, 3.8) is 0 Å². The fourth-order valence-corrected chi connectivity index (χ4v) is 3.66. The Bertz CT molecular complexity index is 581. The summed E-state index contributed by atoms with van der Waals surface area (Å²) < 4.78 is 7.73. The zero-order chi connectivity index (χ0) is 18.7. The van der Waals surface area contributed by atoms with E-state index in [-0.39, 0.29) is 0 Å². The van der Waals surface area contributed by atoms with E-state index in [0.29, 0.717) is 0 Å². The molecule has 1 aromatic heterocycles. The number of nitrogens with one attached hydrogen (secondary N) is 2. The molecule has 3 heterocycles. The van der Waals surface area contributed by atoms with Crippen LogP contribution in [0.15, 0.2) is 4.99 Å². The molecule has 152 valence electrons. The van der Waals surface area contributed by atoms with Crippen LogP contribution in [0.4, 0.5) is 0 Å². The van der Waals surface area contributed by atoms with Gasteiger partial charge in [0.1, 0.15) is 11.6 Å². The maximum absolute atomic E-state index is 5.39. The predicted molar refractivity (Wildman–Crippen MR) is 107 cm³/mol. The SMILES string of the molecule is CCNC(=NCCCc1nnc2n1CCCCC2)NCCN1CCOCC1. The van der Waals surface area contributed by atoms with Gasteiger partial charge in [0.15, 0.2) is 5.96 Å². The number of aliphatic imine (C=N–C) groups is 1. The fourth-order valence-electron chi connectivity index (χ4n) is 3.66. The lowest BCUT2D eigenvalue weighted by molar-refractivity contribution is 0.0389. The van der Waals surface area contributed by atoms with E-state index in [1.165, 1.54) is 25.1 Å². The Morgan fingerprint density at radius 3 is 2.85 bits per heavy atom. The van der Waals surface area contributed by atoms with Crippen molar-refractivity contribution >= 4 is 5.96 Å². The highest BCUT2D eigenvalue weighted by atomic mass is 16.5. The van der Waals surface area contributed by atoms with Gasteiger partial charge in [-0.15, -0.1) is 10.2 Å². The molecule has 0 radical (unpaired) electrons. The summed E-state index contributed by atoms with van der Waals surface area (Å²) in [5, 5.41) is 15.6. The van der Waals surface area contributed by atoms with Gasteiger partial charge in [0.25, 0.3) is 0 Å². The van der Waals surface area contributed by atoms with Gasteiger partial charge in [0.05, 0.1) is 13.2 Å². The molecule has 0 unspecified atom stereocenters. The van der Waals surface area contributed by atoms with Crippen LogP contribution in [-0.2, 0) is 24.1 Å². The highest BCUT2D eigenvalue weighted by Gasteiger charge is 2.14. The minimum absolute atomic E-state index is 0.801. The molecule has 1 aromatic rings. The van der Waals surface area contributed by atoms with Crippen molar-refractivity contribution in [3.8, 4) is 0 Å². The third kappa shape index (κ3) is 6.46. The first-order valence-corrected chi connectivity index (χ1v) is 10.6. The molecule has 0 bridgehead atoms. The largest absolute Gasteiger partial charge is 0.379 e. The molecule has 0 spiro atoms. The average molecular weight is 378 g/mol. The Morgan fingerprint density at radius 2 is 2.00 bits per heavy atom. The molecule has 0 aromatic carbocycles. The van der Waals surface area contributed by atoms with E-state index in [9.17, 15) is 0 Å². The van der Waals surface area contributed by atoms with Crippen LogP contribution in [0.25, 0.3) is 0 Å². The topological polar surface area (TPSA) is 79.6 Å². The number of ether oxygens (including phenoxy) is 1. The molecular formula is C19H35N7O. The third-order valence-corrected chi connectivity index (χ3v) is 5.18. The van der Waals surface area contributed by atoms with E-state index in [0.717, 1.165) is 90.1 Å². The van der Waals surface area contributed by atoms with Crippen molar-refractivity contribution in [2.75, 3.05) is 52.5 Å². The van der Waals surface area contributed by atoms with Crippen LogP contribution < -0.4 is 10.6 Å². The Morgan fingerprint density at radius 1 is 1.11 bits per heavy atom. The minimum atomic E-state index is 0.801. The van der Waals surface area contributed by atoms with Crippen molar-refractivity contribution in [1.29, 1.82) is 0 Å². The first kappa shape index (κ1) is 20.1. The zero-order valence-electron chi connectivity index (χ0n) is 16.8. The summed E-state index contributed by atoms with van der Waals surface area (Å²) in [4.78, 5) is 7.15. The second kappa shape index (κ2) is 11.2. The van der Waals surface area contributed by atoms with E-state index in [1.54, 1.807) is 0 Å². The Balaban J connectivity index is 1.40. The van der Waals surface area contributed by atoms with E-state index in [1.807, 2.05) is 0 Å². The first-order chi connectivity index (χ1) is 13.4. The summed E-state index contributed by atoms with van der Waals surface area (Å²) in [6.07, 6.45) is 6.80. The van der Waals surface area contributed by atoms with Gasteiger partial charge < -0.3 is 19.9 Å². The molecule has 0 atom stereocenters. The lowest BCUT2D eigenvalue weighted by Gasteiger charge is -2.26. The molecule has 0 amide bonds. The van der Waals surface area contributed by atoms with Crippen LogP contribution in [0.3, 0.4) is 0 Å². The number of hydrogen-bond acceptors (Lipinski definition) is 5. The number of aryl methyl sites for hydroxylation is 2. The predicted octanol–water partition coefficient (Wildman–Crippen LogP) is 0.824. The maximum atomic E-state index is 5.39. The number of hydrogen-bond donors (Lipinski definition) is 2. The van der Waals surface area contributed by atoms with Gasteiger partial charge in [-0.05, 0) is 26.2 Å². The smallest absolute Gasteiger partial charge is 0.191 e. The number of nitrogens with zero attached hydrogens (tertiary/aromatic N) is 5. The molecule has 2 aliphatic rings. The van der Waals surface area contributed by atoms with Crippen LogP contribution in [0.2, 0.25) is 0 Å². The molecule has 27 heavy (non-hydrogen) atoms. The number of aromatic nitrogens is 3. The lowest BCUT2D eigenvalue weighted by Crippen LogP contribution is -2.44. The first-order valence-electron chi connectivity index (χ1n) is 10.6. The Labute approximate surface area is 162 Å². The Kier molecular flexibility index (Phi) is 8.35. The number of rotatable bonds is 8. The molecule has 2 N–H and O–H groups in total. The van der Waals surface area contributed by atoms with Crippen molar-refractivity contribution in [2.24, 2.45) is 4.99 Å². The highest BCUT2D eigenvalue weighted by molar-refractivity contribution is 5.79. The minimum Gasteiger partial charge on any atom is -0.379 e. The summed E-state index contributed by atoms with van der Waals surface area (Å²) in [5.74, 6) is 3.21. The zero-order valence-corrected chi connectivity index (χ0v) is 16.8. The lowest BCUT2D eigenvalue weighted by atomic mass is 10.2. The van der Waals surface area contributed by atoms with E-state index >= 15 is 0 Å². The Hall–Kier alpha value is -1.67. The number of fused-ring (bicyclic) bond motifs is 1. The van der Waals surface area contributed by atoms with Crippen molar-refractivity contribution < 1.29 is 4.74 Å².